The van der Waals surface area contributed by atoms with Crippen molar-refractivity contribution in [3.8, 4) is 22.3 Å². The van der Waals surface area contributed by atoms with Gasteiger partial charge in [-0.3, -0.25) is 0 Å². The molecule has 9 aromatic carbocycles. The van der Waals surface area contributed by atoms with Gasteiger partial charge in [-0.2, -0.15) is 0 Å². The Morgan fingerprint density at radius 3 is 1.04 bits per heavy atom. The van der Waals surface area contributed by atoms with Gasteiger partial charge in [0.2, 0.25) is 0 Å². The molecule has 0 aliphatic rings. The molecule has 0 heterocycles. The van der Waals surface area contributed by atoms with E-state index in [2.05, 4.69) is 231 Å². The number of rotatable bonds is 8. The summed E-state index contributed by atoms with van der Waals surface area (Å²) in [5.41, 5.74) is 15.5. The number of aryl methyl sites for hydroxylation is 3. The van der Waals surface area contributed by atoms with Gasteiger partial charge in [-0.15, -0.1) is 0 Å². The van der Waals surface area contributed by atoms with Crippen LogP contribution >= 0.6 is 0 Å². The molecule has 9 aromatic rings. The van der Waals surface area contributed by atoms with Gasteiger partial charge in [0.15, 0.2) is 0 Å². The van der Waals surface area contributed by atoms with E-state index in [1.807, 2.05) is 0 Å². The van der Waals surface area contributed by atoms with Crippen molar-refractivity contribution >= 4 is 55.7 Å². The zero-order valence-electron chi connectivity index (χ0n) is 31.4. The quantitative estimate of drug-likeness (QED) is 0.145. The van der Waals surface area contributed by atoms with E-state index in [1.165, 1.54) is 66.2 Å². The lowest BCUT2D eigenvalue weighted by atomic mass is 9.86. The maximum atomic E-state index is 2.38. The molecule has 0 radical (unpaired) electrons. The molecule has 0 saturated carbocycles. The standard InChI is InChI=1S/C53H42N2/c1-37-35-38(2)53(39(3)36-37)55(43-21-11-6-12-22-43)46-33-31-45(32-34-46)54(42-19-9-5-10-20-42)44-29-27-41(28-30-44)52-49-25-15-13-23-47(49)51(40-17-7-4-8-18-40)48-24-14-16-26-50(48)52/h4-36H,1-3H3. The third-order valence-electron chi connectivity index (χ3n) is 10.7. The molecule has 0 aliphatic carbocycles. The smallest absolute Gasteiger partial charge is 0.0520 e. The summed E-state index contributed by atoms with van der Waals surface area (Å²) < 4.78 is 0. The maximum Gasteiger partial charge on any atom is 0.0520 e. The van der Waals surface area contributed by atoms with Crippen molar-refractivity contribution in [2.75, 3.05) is 9.80 Å². The lowest BCUT2D eigenvalue weighted by Crippen LogP contribution is -2.14. The molecule has 0 bridgehead atoms. The number of benzene rings is 9. The molecule has 0 aliphatic heterocycles. The minimum absolute atomic E-state index is 1.09. The molecule has 264 valence electrons. The second-order valence-corrected chi connectivity index (χ2v) is 14.4. The van der Waals surface area contributed by atoms with Crippen molar-refractivity contribution in [2.24, 2.45) is 0 Å². The Balaban J connectivity index is 1.15. The molecule has 0 aromatic heterocycles. The molecule has 0 atom stereocenters. The summed E-state index contributed by atoms with van der Waals surface area (Å²) in [6.45, 7) is 6.59. The van der Waals surface area contributed by atoms with Gasteiger partial charge in [-0.25, -0.2) is 0 Å². The molecule has 55 heavy (non-hydrogen) atoms. The Morgan fingerprint density at radius 1 is 0.291 bits per heavy atom. The van der Waals surface area contributed by atoms with Crippen LogP contribution in [-0.2, 0) is 0 Å². The highest BCUT2D eigenvalue weighted by Gasteiger charge is 2.20. The molecule has 0 amide bonds. The van der Waals surface area contributed by atoms with Gasteiger partial charge in [0.25, 0.3) is 0 Å². The molecule has 0 spiro atoms. The van der Waals surface area contributed by atoms with Crippen LogP contribution in [-0.4, -0.2) is 0 Å². The first-order valence-corrected chi connectivity index (χ1v) is 19.0. The predicted octanol–water partition coefficient (Wildman–Crippen LogP) is 15.2. The van der Waals surface area contributed by atoms with Crippen LogP contribution in [0.3, 0.4) is 0 Å². The van der Waals surface area contributed by atoms with E-state index in [0.717, 1.165) is 28.4 Å². The van der Waals surface area contributed by atoms with E-state index < -0.39 is 0 Å². The SMILES string of the molecule is Cc1cc(C)c(N(c2ccccc2)c2ccc(N(c3ccccc3)c3ccc(-c4c5ccccc5c(-c5ccccc5)c5ccccc45)cc3)cc2)c(C)c1. The average Bonchev–Trinajstić information content (AvgIpc) is 3.23. The van der Waals surface area contributed by atoms with Crippen LogP contribution in [0.4, 0.5) is 34.1 Å². The van der Waals surface area contributed by atoms with Gasteiger partial charge in [0, 0.05) is 28.4 Å². The molecular weight excluding hydrogens is 665 g/mol. The Hall–Kier alpha value is -6.90. The molecule has 0 N–H and O–H groups in total. The first-order chi connectivity index (χ1) is 27.0. The third kappa shape index (κ3) is 6.32. The average molecular weight is 707 g/mol. The van der Waals surface area contributed by atoms with Crippen LogP contribution in [0.5, 0.6) is 0 Å². The first kappa shape index (κ1) is 33.9. The Labute approximate surface area is 324 Å². The van der Waals surface area contributed by atoms with Crippen LogP contribution in [0.15, 0.2) is 200 Å². The van der Waals surface area contributed by atoms with Crippen LogP contribution in [0.2, 0.25) is 0 Å². The molecule has 9 rings (SSSR count). The second-order valence-electron chi connectivity index (χ2n) is 14.4. The van der Waals surface area contributed by atoms with Crippen molar-refractivity contribution in [1.29, 1.82) is 0 Å². The molecular formula is C53H42N2. The molecule has 0 unspecified atom stereocenters. The molecule has 0 fully saturated rings. The van der Waals surface area contributed by atoms with Crippen LogP contribution < -0.4 is 9.80 Å². The maximum absolute atomic E-state index is 2.38. The highest BCUT2D eigenvalue weighted by molar-refractivity contribution is 6.21. The van der Waals surface area contributed by atoms with Gasteiger partial charge < -0.3 is 9.80 Å². The monoisotopic (exact) mass is 706 g/mol. The van der Waals surface area contributed by atoms with Crippen LogP contribution in [0.25, 0.3) is 43.8 Å². The highest BCUT2D eigenvalue weighted by Crippen LogP contribution is 2.45. The lowest BCUT2D eigenvalue weighted by molar-refractivity contribution is 1.20. The summed E-state index contributed by atoms with van der Waals surface area (Å²) in [5.74, 6) is 0. The van der Waals surface area contributed by atoms with Crippen molar-refractivity contribution in [2.45, 2.75) is 20.8 Å². The summed E-state index contributed by atoms with van der Waals surface area (Å²) in [6, 6.07) is 72.4. The van der Waals surface area contributed by atoms with E-state index in [0.29, 0.717) is 0 Å². The summed E-state index contributed by atoms with van der Waals surface area (Å²) in [6.07, 6.45) is 0. The van der Waals surface area contributed by atoms with E-state index in [1.54, 1.807) is 0 Å². The molecule has 2 nitrogen and oxygen atoms in total. The van der Waals surface area contributed by atoms with Crippen molar-refractivity contribution < 1.29 is 0 Å². The Bertz CT molecular complexity index is 2670. The number of hydrogen-bond donors (Lipinski definition) is 0. The fourth-order valence-corrected chi connectivity index (χ4v) is 8.42. The number of para-hydroxylation sites is 2. The lowest BCUT2D eigenvalue weighted by Gasteiger charge is -2.30. The second kappa shape index (κ2) is 14.5. The zero-order chi connectivity index (χ0) is 37.3. The fraction of sp³-hybridized carbons (Fsp3) is 0.0566. The Kier molecular flexibility index (Phi) is 8.94. The molecule has 2 heteroatoms. The number of hydrogen-bond acceptors (Lipinski definition) is 2. The van der Waals surface area contributed by atoms with Gasteiger partial charge in [-0.1, -0.05) is 145 Å². The number of nitrogens with zero attached hydrogens (tertiary/aromatic N) is 2. The normalized spacial score (nSPS) is 11.2. The Morgan fingerprint density at radius 2 is 0.600 bits per heavy atom. The van der Waals surface area contributed by atoms with E-state index in [4.69, 9.17) is 0 Å². The van der Waals surface area contributed by atoms with Gasteiger partial charge in [0.05, 0.1) is 5.69 Å². The highest BCUT2D eigenvalue weighted by atomic mass is 15.2. The van der Waals surface area contributed by atoms with Gasteiger partial charge in [0.1, 0.15) is 0 Å². The van der Waals surface area contributed by atoms with E-state index in [9.17, 15) is 0 Å². The summed E-state index contributed by atoms with van der Waals surface area (Å²) in [7, 11) is 0. The minimum Gasteiger partial charge on any atom is -0.311 e. The number of anilines is 6. The zero-order valence-corrected chi connectivity index (χ0v) is 31.4. The minimum atomic E-state index is 1.09. The van der Waals surface area contributed by atoms with Crippen molar-refractivity contribution in [3.05, 3.63) is 217 Å². The summed E-state index contributed by atoms with van der Waals surface area (Å²) in [5, 5.41) is 5.03. The third-order valence-corrected chi connectivity index (χ3v) is 10.7. The molecule has 0 saturated heterocycles. The van der Waals surface area contributed by atoms with E-state index >= 15 is 0 Å². The summed E-state index contributed by atoms with van der Waals surface area (Å²) in [4.78, 5) is 4.73. The van der Waals surface area contributed by atoms with Crippen molar-refractivity contribution in [1.82, 2.24) is 0 Å². The fourth-order valence-electron chi connectivity index (χ4n) is 8.42. The largest absolute Gasteiger partial charge is 0.311 e. The first-order valence-electron chi connectivity index (χ1n) is 19.0. The van der Waals surface area contributed by atoms with Gasteiger partial charge in [-0.05, 0) is 136 Å². The number of fused-ring (bicyclic) bond motifs is 2. The van der Waals surface area contributed by atoms with Crippen molar-refractivity contribution in [3.63, 3.8) is 0 Å². The predicted molar refractivity (Wildman–Crippen MR) is 236 cm³/mol. The topological polar surface area (TPSA) is 6.48 Å². The summed E-state index contributed by atoms with van der Waals surface area (Å²) >= 11 is 0. The van der Waals surface area contributed by atoms with Gasteiger partial charge >= 0.3 is 0 Å². The van der Waals surface area contributed by atoms with Crippen LogP contribution in [0.1, 0.15) is 16.7 Å². The van der Waals surface area contributed by atoms with E-state index in [-0.39, 0.29) is 0 Å². The van der Waals surface area contributed by atoms with Crippen LogP contribution in [0, 0.1) is 20.8 Å².